The van der Waals surface area contributed by atoms with Crippen LogP contribution in [0.15, 0.2) is 21.2 Å². The Labute approximate surface area is 174 Å². The van der Waals surface area contributed by atoms with Gasteiger partial charge in [0, 0.05) is 32.7 Å². The summed E-state index contributed by atoms with van der Waals surface area (Å²) in [5.74, 6) is 0.0258. The normalized spacial score (nSPS) is 16.7. The molecule has 2 aromatic heterocycles. The molecule has 0 aromatic carbocycles. The third-order valence-corrected chi connectivity index (χ3v) is 5.23. The summed E-state index contributed by atoms with van der Waals surface area (Å²) in [6.07, 6.45) is 3.84. The molecule has 2 aromatic rings. The number of nitrogens with zero attached hydrogens (tertiary/aromatic N) is 5. The van der Waals surface area contributed by atoms with Crippen LogP contribution >= 0.6 is 0 Å². The van der Waals surface area contributed by atoms with E-state index in [0.717, 1.165) is 29.5 Å². The van der Waals surface area contributed by atoms with Gasteiger partial charge in [0.15, 0.2) is 11.2 Å². The van der Waals surface area contributed by atoms with Crippen LogP contribution in [0.1, 0.15) is 33.6 Å². The molecular weight excluding hydrogens is 388 g/mol. The van der Waals surface area contributed by atoms with E-state index < -0.39 is 17.2 Å². The number of aromatic nitrogens is 4. The molecule has 0 aliphatic carbocycles. The Kier molecular flexibility index (Phi) is 6.45. The lowest BCUT2D eigenvalue weighted by atomic mass is 10.1. The third-order valence-electron chi connectivity index (χ3n) is 5.23. The maximum atomic E-state index is 13.0. The number of hydrogen-bond donors (Lipinski definition) is 1. The molecule has 1 saturated heterocycles. The number of esters is 1. The van der Waals surface area contributed by atoms with Crippen molar-refractivity contribution in [1.82, 2.24) is 18.7 Å². The minimum atomic E-state index is -0.602. The van der Waals surface area contributed by atoms with Crippen LogP contribution in [0.2, 0.25) is 0 Å². The smallest absolute Gasteiger partial charge is 0.333 e. The number of allylic oxidation sites excluding steroid dienone is 2. The number of imidazole rings is 1. The number of rotatable bonds is 6. The summed E-state index contributed by atoms with van der Waals surface area (Å²) in [6.45, 7) is 7.34. The molecule has 3 heterocycles. The van der Waals surface area contributed by atoms with Crippen LogP contribution in [-0.4, -0.2) is 50.4 Å². The second-order valence-corrected chi connectivity index (χ2v) is 7.86. The van der Waals surface area contributed by atoms with Crippen molar-refractivity contribution in [2.45, 2.75) is 52.7 Å². The highest BCUT2D eigenvalue weighted by Gasteiger charge is 2.26. The first-order valence-corrected chi connectivity index (χ1v) is 10.2. The van der Waals surface area contributed by atoms with E-state index in [1.165, 1.54) is 11.6 Å². The lowest BCUT2D eigenvalue weighted by molar-refractivity contribution is -0.143. The monoisotopic (exact) mass is 418 g/mol. The van der Waals surface area contributed by atoms with Gasteiger partial charge in [0.2, 0.25) is 5.95 Å². The highest BCUT2D eigenvalue weighted by molar-refractivity contribution is 5.77. The summed E-state index contributed by atoms with van der Waals surface area (Å²) in [7, 11) is 1.40. The van der Waals surface area contributed by atoms with Crippen LogP contribution in [0.25, 0.3) is 11.2 Å². The summed E-state index contributed by atoms with van der Waals surface area (Å²) in [5, 5.41) is 0. The van der Waals surface area contributed by atoms with Gasteiger partial charge in [0.25, 0.3) is 5.56 Å². The van der Waals surface area contributed by atoms with Gasteiger partial charge < -0.3 is 19.9 Å². The fourth-order valence-corrected chi connectivity index (χ4v) is 3.70. The van der Waals surface area contributed by atoms with Gasteiger partial charge in [-0.15, -0.1) is 0 Å². The van der Waals surface area contributed by atoms with Crippen LogP contribution < -0.4 is 21.9 Å². The predicted molar refractivity (Wildman–Crippen MR) is 115 cm³/mol. The van der Waals surface area contributed by atoms with Gasteiger partial charge in [-0.2, -0.15) is 4.98 Å². The molecule has 0 bridgehead atoms. The number of carbonyl (C=O) groups excluding carboxylic acids is 1. The van der Waals surface area contributed by atoms with Crippen LogP contribution in [0.5, 0.6) is 0 Å². The van der Waals surface area contributed by atoms with Gasteiger partial charge in [0.1, 0.15) is 6.54 Å². The molecule has 1 atom stereocenters. The average molecular weight is 418 g/mol. The first-order chi connectivity index (χ1) is 14.2. The summed E-state index contributed by atoms with van der Waals surface area (Å²) in [6, 6.07) is 0.0139. The van der Waals surface area contributed by atoms with Crippen LogP contribution in [0.4, 0.5) is 5.95 Å². The van der Waals surface area contributed by atoms with Crippen molar-refractivity contribution < 1.29 is 9.53 Å². The molecule has 0 amide bonds. The van der Waals surface area contributed by atoms with E-state index >= 15 is 0 Å². The molecule has 0 saturated carbocycles. The third kappa shape index (κ3) is 4.18. The van der Waals surface area contributed by atoms with Crippen molar-refractivity contribution in [2.75, 3.05) is 24.6 Å². The maximum Gasteiger partial charge on any atom is 0.333 e. The van der Waals surface area contributed by atoms with Gasteiger partial charge in [0.05, 0.1) is 6.61 Å². The SMILES string of the molecule is CCOC(=O)Cn1c(=O)n(C)c(=O)c2c1nc(N1CCCC(N)C1)n2CC=C(C)C. The molecule has 1 unspecified atom stereocenters. The summed E-state index contributed by atoms with van der Waals surface area (Å²) in [4.78, 5) is 44.7. The number of nitrogens with two attached hydrogens (primary N) is 1. The molecule has 3 rings (SSSR count). The van der Waals surface area contributed by atoms with E-state index in [1.807, 2.05) is 29.4 Å². The van der Waals surface area contributed by atoms with E-state index in [4.69, 9.17) is 10.5 Å². The first kappa shape index (κ1) is 21.8. The Morgan fingerprint density at radius 3 is 2.67 bits per heavy atom. The summed E-state index contributed by atoms with van der Waals surface area (Å²) in [5.41, 5.74) is 6.68. The number of ether oxygens (including phenoxy) is 1. The molecular formula is C20H30N6O4. The van der Waals surface area contributed by atoms with Crippen molar-refractivity contribution >= 4 is 23.1 Å². The molecule has 10 heteroatoms. The van der Waals surface area contributed by atoms with Crippen molar-refractivity contribution in [3.8, 4) is 0 Å². The Bertz CT molecular complexity index is 1090. The molecule has 2 N–H and O–H groups in total. The van der Waals surface area contributed by atoms with Crippen LogP contribution in [0.3, 0.4) is 0 Å². The summed E-state index contributed by atoms with van der Waals surface area (Å²) >= 11 is 0. The fraction of sp³-hybridized carbons (Fsp3) is 0.600. The molecule has 0 spiro atoms. The van der Waals surface area contributed by atoms with Crippen LogP contribution in [0, 0.1) is 0 Å². The topological polar surface area (TPSA) is 117 Å². The van der Waals surface area contributed by atoms with Crippen molar-refractivity contribution in [3.05, 3.63) is 32.5 Å². The van der Waals surface area contributed by atoms with E-state index in [1.54, 1.807) is 6.92 Å². The second kappa shape index (κ2) is 8.86. The van der Waals surface area contributed by atoms with Gasteiger partial charge in [-0.25, -0.2) is 4.79 Å². The van der Waals surface area contributed by atoms with Gasteiger partial charge in [-0.3, -0.25) is 18.7 Å². The predicted octanol–water partition coefficient (Wildman–Crippen LogP) is 0.354. The molecule has 1 aliphatic heterocycles. The van der Waals surface area contributed by atoms with E-state index in [0.29, 0.717) is 19.0 Å². The molecule has 164 valence electrons. The Morgan fingerprint density at radius 1 is 1.30 bits per heavy atom. The largest absolute Gasteiger partial charge is 0.465 e. The highest BCUT2D eigenvalue weighted by atomic mass is 16.5. The Balaban J connectivity index is 2.27. The van der Waals surface area contributed by atoms with Crippen LogP contribution in [-0.2, 0) is 29.7 Å². The Morgan fingerprint density at radius 2 is 2.03 bits per heavy atom. The van der Waals surface area contributed by atoms with E-state index in [9.17, 15) is 14.4 Å². The quantitative estimate of drug-likeness (QED) is 0.531. The van der Waals surface area contributed by atoms with E-state index in [2.05, 4.69) is 4.98 Å². The standard InChI is InChI=1S/C20H30N6O4/c1-5-30-15(27)12-26-17-16(18(28)23(4)20(26)29)25(10-8-13(2)3)19(22-17)24-9-6-7-14(21)11-24/h8,14H,5-7,9-12,21H2,1-4H3. The molecule has 0 radical (unpaired) electrons. The van der Waals surface area contributed by atoms with Crippen molar-refractivity contribution in [2.24, 2.45) is 12.8 Å². The zero-order valence-corrected chi connectivity index (χ0v) is 18.1. The zero-order chi connectivity index (χ0) is 22.0. The lowest BCUT2D eigenvalue weighted by Crippen LogP contribution is -2.44. The minimum absolute atomic E-state index is 0.0139. The molecule has 1 fully saturated rings. The van der Waals surface area contributed by atoms with E-state index in [-0.39, 0.29) is 30.4 Å². The minimum Gasteiger partial charge on any atom is -0.465 e. The zero-order valence-electron chi connectivity index (χ0n) is 18.1. The molecule has 30 heavy (non-hydrogen) atoms. The molecule has 10 nitrogen and oxygen atoms in total. The Hall–Kier alpha value is -2.88. The highest BCUT2D eigenvalue weighted by Crippen LogP contribution is 2.23. The molecule has 1 aliphatic rings. The number of anilines is 1. The van der Waals surface area contributed by atoms with Gasteiger partial charge in [-0.1, -0.05) is 11.6 Å². The van der Waals surface area contributed by atoms with Crippen molar-refractivity contribution in [3.63, 3.8) is 0 Å². The number of hydrogen-bond acceptors (Lipinski definition) is 7. The average Bonchev–Trinajstić information content (AvgIpc) is 3.07. The summed E-state index contributed by atoms with van der Waals surface area (Å²) < 4.78 is 9.04. The second-order valence-electron chi connectivity index (χ2n) is 7.86. The first-order valence-electron chi connectivity index (χ1n) is 10.2. The van der Waals surface area contributed by atoms with Gasteiger partial charge >= 0.3 is 11.7 Å². The number of piperidine rings is 1. The fourth-order valence-electron chi connectivity index (χ4n) is 3.70. The van der Waals surface area contributed by atoms with Gasteiger partial charge in [-0.05, 0) is 33.6 Å². The van der Waals surface area contributed by atoms with Crippen molar-refractivity contribution in [1.29, 1.82) is 0 Å². The number of carbonyl (C=O) groups is 1. The lowest BCUT2D eigenvalue weighted by Gasteiger charge is -2.31. The maximum absolute atomic E-state index is 13.0. The number of fused-ring (bicyclic) bond motifs is 1.